The SMILES string of the molecule is O=C(COC(=O)c1cccc(N2C(=O)[C@H]3CC=CC[C@H]3C2=O)c1)Nc1cccc(C(F)(F)F)c1. The van der Waals surface area contributed by atoms with Gasteiger partial charge in [-0.05, 0) is 49.2 Å². The van der Waals surface area contributed by atoms with E-state index >= 15 is 0 Å². The molecule has 1 N–H and O–H groups in total. The number of carbonyl (C=O) groups excluding carboxylic acids is 4. The summed E-state index contributed by atoms with van der Waals surface area (Å²) in [6, 6.07) is 9.78. The maximum absolute atomic E-state index is 12.8. The van der Waals surface area contributed by atoms with Gasteiger partial charge in [0.05, 0.1) is 28.7 Å². The number of esters is 1. The van der Waals surface area contributed by atoms with Crippen molar-refractivity contribution >= 4 is 35.1 Å². The Morgan fingerprint density at radius 3 is 2.26 bits per heavy atom. The third-order valence-electron chi connectivity index (χ3n) is 5.66. The molecule has 7 nitrogen and oxygen atoms in total. The van der Waals surface area contributed by atoms with Gasteiger partial charge >= 0.3 is 12.1 Å². The number of hydrogen-bond acceptors (Lipinski definition) is 5. The molecule has 0 spiro atoms. The van der Waals surface area contributed by atoms with E-state index in [1.807, 2.05) is 12.2 Å². The van der Waals surface area contributed by atoms with Gasteiger partial charge in [-0.1, -0.05) is 24.3 Å². The number of nitrogens with one attached hydrogen (secondary N) is 1. The summed E-state index contributed by atoms with van der Waals surface area (Å²) in [6.07, 6.45) is 0.135. The van der Waals surface area contributed by atoms with E-state index < -0.39 is 42.1 Å². The van der Waals surface area contributed by atoms with Gasteiger partial charge < -0.3 is 10.1 Å². The zero-order valence-electron chi connectivity index (χ0n) is 17.7. The Bertz CT molecular complexity index is 1170. The number of anilines is 2. The van der Waals surface area contributed by atoms with E-state index in [4.69, 9.17) is 4.74 Å². The molecule has 2 atom stereocenters. The van der Waals surface area contributed by atoms with E-state index in [0.717, 1.165) is 23.1 Å². The maximum Gasteiger partial charge on any atom is 0.416 e. The van der Waals surface area contributed by atoms with E-state index in [-0.39, 0.29) is 28.8 Å². The Balaban J connectivity index is 1.39. The number of halogens is 3. The molecule has 1 saturated heterocycles. The second-order valence-electron chi connectivity index (χ2n) is 7.92. The van der Waals surface area contributed by atoms with Crippen molar-refractivity contribution in [2.75, 3.05) is 16.8 Å². The highest BCUT2D eigenvalue weighted by Crippen LogP contribution is 2.37. The quantitative estimate of drug-likeness (QED) is 0.404. The van der Waals surface area contributed by atoms with Gasteiger partial charge in [0.15, 0.2) is 6.61 Å². The smallest absolute Gasteiger partial charge is 0.416 e. The van der Waals surface area contributed by atoms with Crippen molar-refractivity contribution in [2.24, 2.45) is 11.8 Å². The largest absolute Gasteiger partial charge is 0.452 e. The lowest BCUT2D eigenvalue weighted by Crippen LogP contribution is -2.31. The molecule has 1 heterocycles. The number of benzene rings is 2. The normalized spacial score (nSPS) is 19.7. The molecule has 2 aromatic carbocycles. The van der Waals surface area contributed by atoms with Crippen molar-refractivity contribution in [1.82, 2.24) is 0 Å². The zero-order valence-corrected chi connectivity index (χ0v) is 17.7. The predicted octanol–water partition coefficient (Wildman–Crippen LogP) is 3.96. The lowest BCUT2D eigenvalue weighted by atomic mass is 9.85. The standard InChI is InChI=1S/C24H19F3N2O5/c25-24(26,27)15-6-4-7-16(12-15)28-20(30)13-34-23(33)14-5-3-8-17(11-14)29-21(31)18-9-1-2-10-19(18)22(29)32/h1-8,11-12,18-19H,9-10,13H2,(H,28,30)/t18-,19+. The number of nitrogens with zero attached hydrogens (tertiary/aromatic N) is 1. The molecular weight excluding hydrogens is 453 g/mol. The number of fused-ring (bicyclic) bond motifs is 1. The van der Waals surface area contributed by atoms with Crippen LogP contribution < -0.4 is 10.2 Å². The van der Waals surface area contributed by atoms with Crippen LogP contribution in [0, 0.1) is 11.8 Å². The van der Waals surface area contributed by atoms with Crippen molar-refractivity contribution < 1.29 is 37.1 Å². The number of ether oxygens (including phenoxy) is 1. The first-order valence-electron chi connectivity index (χ1n) is 10.4. The van der Waals surface area contributed by atoms with Gasteiger partial charge in [0.1, 0.15) is 0 Å². The molecule has 2 aromatic rings. The van der Waals surface area contributed by atoms with E-state index in [1.165, 1.54) is 30.3 Å². The van der Waals surface area contributed by atoms with Crippen molar-refractivity contribution in [1.29, 1.82) is 0 Å². The summed E-state index contributed by atoms with van der Waals surface area (Å²) in [5.74, 6) is -3.22. The molecule has 0 unspecified atom stereocenters. The Morgan fingerprint density at radius 1 is 0.971 bits per heavy atom. The Kier molecular flexibility index (Phi) is 6.23. The van der Waals surface area contributed by atoms with Crippen LogP contribution in [0.1, 0.15) is 28.8 Å². The fourth-order valence-corrected chi connectivity index (χ4v) is 4.01. The highest BCUT2D eigenvalue weighted by molar-refractivity contribution is 6.22. The van der Waals surface area contributed by atoms with Crippen molar-refractivity contribution in [3.05, 3.63) is 71.8 Å². The molecule has 1 fully saturated rings. The third kappa shape index (κ3) is 4.70. The predicted molar refractivity (Wildman–Crippen MR) is 115 cm³/mol. The van der Waals surface area contributed by atoms with Crippen LogP contribution in [0.15, 0.2) is 60.7 Å². The molecule has 1 aliphatic heterocycles. The molecule has 3 amide bonds. The first kappa shape index (κ1) is 23.2. The van der Waals surface area contributed by atoms with Crippen LogP contribution in [-0.2, 0) is 25.3 Å². The van der Waals surface area contributed by atoms with Crippen LogP contribution in [0.5, 0.6) is 0 Å². The molecule has 1 aliphatic carbocycles. The Labute approximate surface area is 192 Å². The minimum atomic E-state index is -4.56. The van der Waals surface area contributed by atoms with E-state index in [1.54, 1.807) is 0 Å². The van der Waals surface area contributed by atoms with Gasteiger partial charge in [0, 0.05) is 5.69 Å². The minimum absolute atomic E-state index is 0.0120. The van der Waals surface area contributed by atoms with Crippen molar-refractivity contribution in [2.45, 2.75) is 19.0 Å². The Morgan fingerprint density at radius 2 is 1.62 bits per heavy atom. The highest BCUT2D eigenvalue weighted by Gasteiger charge is 2.47. The molecule has 0 radical (unpaired) electrons. The highest BCUT2D eigenvalue weighted by atomic mass is 19.4. The molecule has 0 bridgehead atoms. The number of allylic oxidation sites excluding steroid dienone is 2. The summed E-state index contributed by atoms with van der Waals surface area (Å²) in [5, 5.41) is 2.24. The van der Waals surface area contributed by atoms with Gasteiger partial charge in [0.25, 0.3) is 5.91 Å². The number of imide groups is 1. The van der Waals surface area contributed by atoms with Gasteiger partial charge in [-0.3, -0.25) is 19.3 Å². The number of alkyl halides is 3. The van der Waals surface area contributed by atoms with Crippen LogP contribution in [0.2, 0.25) is 0 Å². The molecule has 4 rings (SSSR count). The van der Waals surface area contributed by atoms with Gasteiger partial charge in [-0.25, -0.2) is 4.79 Å². The summed E-state index contributed by atoms with van der Waals surface area (Å²) >= 11 is 0. The average Bonchev–Trinajstić information content (AvgIpc) is 3.07. The second kappa shape index (κ2) is 9.12. The summed E-state index contributed by atoms with van der Waals surface area (Å²) in [6.45, 7) is -0.739. The maximum atomic E-state index is 12.8. The third-order valence-corrected chi connectivity index (χ3v) is 5.66. The number of rotatable bonds is 5. The molecule has 34 heavy (non-hydrogen) atoms. The summed E-state index contributed by atoms with van der Waals surface area (Å²) in [5.41, 5.74) is -0.786. The van der Waals surface area contributed by atoms with Crippen LogP contribution in [0.4, 0.5) is 24.5 Å². The zero-order chi connectivity index (χ0) is 24.5. The molecule has 0 aromatic heterocycles. The molecular formula is C24H19F3N2O5. The van der Waals surface area contributed by atoms with Gasteiger partial charge in [-0.15, -0.1) is 0 Å². The molecule has 0 saturated carbocycles. The molecule has 176 valence electrons. The minimum Gasteiger partial charge on any atom is -0.452 e. The summed E-state index contributed by atoms with van der Waals surface area (Å²) in [7, 11) is 0. The van der Waals surface area contributed by atoms with Crippen LogP contribution in [0.25, 0.3) is 0 Å². The number of amides is 3. The molecule has 10 heteroatoms. The van der Waals surface area contributed by atoms with Gasteiger partial charge in [-0.2, -0.15) is 13.2 Å². The lowest BCUT2D eigenvalue weighted by Gasteiger charge is -2.15. The van der Waals surface area contributed by atoms with Crippen LogP contribution in [0.3, 0.4) is 0 Å². The van der Waals surface area contributed by atoms with Crippen LogP contribution >= 0.6 is 0 Å². The Hall–Kier alpha value is -3.95. The molecule has 2 aliphatic rings. The average molecular weight is 472 g/mol. The first-order chi connectivity index (χ1) is 16.1. The fourth-order valence-electron chi connectivity index (χ4n) is 4.01. The van der Waals surface area contributed by atoms with Crippen molar-refractivity contribution in [3.8, 4) is 0 Å². The van der Waals surface area contributed by atoms with E-state index in [9.17, 15) is 32.3 Å². The number of hydrogen-bond donors (Lipinski definition) is 1. The summed E-state index contributed by atoms with van der Waals surface area (Å²) < 4.78 is 43.3. The van der Waals surface area contributed by atoms with E-state index in [0.29, 0.717) is 12.8 Å². The topological polar surface area (TPSA) is 92.8 Å². The fraction of sp³-hybridized carbons (Fsp3) is 0.250. The number of carbonyl (C=O) groups is 4. The summed E-state index contributed by atoms with van der Waals surface area (Å²) in [4.78, 5) is 51.0. The first-order valence-corrected chi connectivity index (χ1v) is 10.4. The second-order valence-corrected chi connectivity index (χ2v) is 7.92. The van der Waals surface area contributed by atoms with Crippen molar-refractivity contribution in [3.63, 3.8) is 0 Å². The van der Waals surface area contributed by atoms with Crippen LogP contribution in [-0.4, -0.2) is 30.3 Å². The van der Waals surface area contributed by atoms with Gasteiger partial charge in [0.2, 0.25) is 11.8 Å². The monoisotopic (exact) mass is 472 g/mol. The van der Waals surface area contributed by atoms with E-state index in [2.05, 4.69) is 5.32 Å². The lowest BCUT2D eigenvalue weighted by molar-refractivity contribution is -0.137.